The normalized spacial score (nSPS) is 14.2. The number of rotatable bonds is 8. The van der Waals surface area contributed by atoms with Gasteiger partial charge in [0.05, 0.1) is 29.4 Å². The number of hydrogen-bond donors (Lipinski definition) is 4. The van der Waals surface area contributed by atoms with Crippen LogP contribution in [0.15, 0.2) is 89.9 Å². The number of nitrogens with one attached hydrogen (secondary N) is 3. The Bertz CT molecular complexity index is 1740. The number of amides is 1. The van der Waals surface area contributed by atoms with E-state index in [2.05, 4.69) is 32.3 Å². The van der Waals surface area contributed by atoms with Crippen LogP contribution in [0, 0.1) is 6.92 Å². The molecule has 1 aliphatic heterocycles. The first kappa shape index (κ1) is 27.3. The largest absolute Gasteiger partial charge is 0.394 e. The number of piperazine rings is 1. The summed E-state index contributed by atoms with van der Waals surface area (Å²) in [5, 5.41) is 13.5. The lowest BCUT2D eigenvalue weighted by atomic mass is 10.1. The summed E-state index contributed by atoms with van der Waals surface area (Å²) >= 11 is 0. The predicted molar refractivity (Wildman–Crippen MR) is 166 cm³/mol. The molecular weight excluding hydrogens is 528 g/mol. The number of carbonyl (C=O) groups is 1. The van der Waals surface area contributed by atoms with Gasteiger partial charge in [0.2, 0.25) is 0 Å². The number of anilines is 2. The van der Waals surface area contributed by atoms with E-state index in [0.717, 1.165) is 40.9 Å². The number of fused-ring (bicyclic) bond motifs is 1. The first-order valence-electron chi connectivity index (χ1n) is 14.2. The number of benzene rings is 3. The number of imidazole rings is 1. The highest BCUT2D eigenvalue weighted by atomic mass is 16.3. The minimum Gasteiger partial charge on any atom is -0.394 e. The van der Waals surface area contributed by atoms with Crippen molar-refractivity contribution >= 4 is 28.3 Å². The van der Waals surface area contributed by atoms with Gasteiger partial charge in [0.25, 0.3) is 11.5 Å². The van der Waals surface area contributed by atoms with Gasteiger partial charge in [-0.15, -0.1) is 0 Å². The van der Waals surface area contributed by atoms with E-state index in [4.69, 9.17) is 4.98 Å². The highest BCUT2D eigenvalue weighted by Gasteiger charge is 2.24. The second-order valence-electron chi connectivity index (χ2n) is 10.7. The number of aromatic amines is 2. The summed E-state index contributed by atoms with van der Waals surface area (Å²) in [5.74, 6) is 0.522. The van der Waals surface area contributed by atoms with Gasteiger partial charge in [-0.3, -0.25) is 9.59 Å². The molecule has 0 saturated carbocycles. The van der Waals surface area contributed by atoms with Gasteiger partial charge in [0, 0.05) is 43.6 Å². The number of aryl methyl sites for hydroxylation is 1. The third-order valence-electron chi connectivity index (χ3n) is 7.82. The average molecular weight is 563 g/mol. The van der Waals surface area contributed by atoms with Crippen molar-refractivity contribution in [1.29, 1.82) is 0 Å². The Balaban J connectivity index is 1.23. The molecule has 6 rings (SSSR count). The SMILES string of the molecule is Cc1cc(N2CCN(C(=O)c3ccccc3)CC2)cc2[nH]c(-c3c(NC(CO)Cc4ccccc4)cc[nH]c3=O)nc12. The third-order valence-corrected chi connectivity index (χ3v) is 7.82. The molecule has 4 N–H and O–H groups in total. The second kappa shape index (κ2) is 11.9. The Labute approximate surface area is 243 Å². The van der Waals surface area contributed by atoms with E-state index in [1.54, 1.807) is 12.3 Å². The monoisotopic (exact) mass is 562 g/mol. The number of aromatic nitrogens is 3. The quantitative estimate of drug-likeness (QED) is 0.225. The van der Waals surface area contributed by atoms with E-state index in [1.165, 1.54) is 0 Å². The molecule has 1 unspecified atom stereocenters. The predicted octanol–water partition coefficient (Wildman–Crippen LogP) is 4.20. The summed E-state index contributed by atoms with van der Waals surface area (Å²) < 4.78 is 0. The molecule has 5 aromatic rings. The maximum absolute atomic E-state index is 13.1. The molecule has 2 aromatic heterocycles. The number of hydrogen-bond acceptors (Lipinski definition) is 6. The number of nitrogens with zero attached hydrogens (tertiary/aromatic N) is 3. The Hall–Kier alpha value is -4.89. The Morgan fingerprint density at radius 2 is 1.71 bits per heavy atom. The molecular formula is C33H34N6O3. The third kappa shape index (κ3) is 5.64. The van der Waals surface area contributed by atoms with Gasteiger partial charge in [0.15, 0.2) is 0 Å². The standard InChI is InChI=1S/C33H34N6O3/c1-22-18-26(38-14-16-39(17-15-38)33(42)24-10-6-3-7-11-24)20-28-30(22)37-31(36-28)29-27(12-13-34-32(29)41)35-25(21-40)19-23-8-4-2-5-9-23/h2-13,18,20,25,40H,14-17,19,21H2,1H3,(H,36,37)(H2,34,35,41). The minimum absolute atomic E-state index is 0.0600. The summed E-state index contributed by atoms with van der Waals surface area (Å²) in [6.07, 6.45) is 2.20. The van der Waals surface area contributed by atoms with Crippen LogP contribution in [0.2, 0.25) is 0 Å². The van der Waals surface area contributed by atoms with Crippen LogP contribution in [0.1, 0.15) is 21.5 Å². The van der Waals surface area contributed by atoms with Crippen LogP contribution in [0.25, 0.3) is 22.4 Å². The lowest BCUT2D eigenvalue weighted by molar-refractivity contribution is 0.0747. The van der Waals surface area contributed by atoms with Gasteiger partial charge >= 0.3 is 0 Å². The lowest BCUT2D eigenvalue weighted by Gasteiger charge is -2.36. The molecule has 42 heavy (non-hydrogen) atoms. The molecule has 3 aromatic carbocycles. The molecule has 0 aliphatic carbocycles. The average Bonchev–Trinajstić information content (AvgIpc) is 3.46. The van der Waals surface area contributed by atoms with Crippen molar-refractivity contribution in [3.8, 4) is 11.4 Å². The molecule has 9 nitrogen and oxygen atoms in total. The van der Waals surface area contributed by atoms with Crippen LogP contribution in [0.5, 0.6) is 0 Å². The van der Waals surface area contributed by atoms with Gasteiger partial charge < -0.3 is 30.2 Å². The van der Waals surface area contributed by atoms with E-state index >= 15 is 0 Å². The van der Waals surface area contributed by atoms with Gasteiger partial charge in [-0.05, 0) is 54.8 Å². The van der Waals surface area contributed by atoms with Crippen LogP contribution in [0.3, 0.4) is 0 Å². The van der Waals surface area contributed by atoms with E-state index < -0.39 is 0 Å². The topological polar surface area (TPSA) is 117 Å². The number of carbonyl (C=O) groups excluding carboxylic acids is 1. The maximum atomic E-state index is 13.1. The van der Waals surface area contributed by atoms with E-state index in [0.29, 0.717) is 42.1 Å². The Morgan fingerprint density at radius 1 is 1.00 bits per heavy atom. The van der Waals surface area contributed by atoms with Gasteiger partial charge in [-0.25, -0.2) is 4.98 Å². The van der Waals surface area contributed by atoms with Crippen molar-refractivity contribution in [2.75, 3.05) is 43.0 Å². The molecule has 0 spiro atoms. The van der Waals surface area contributed by atoms with E-state index in [1.807, 2.05) is 72.5 Å². The van der Waals surface area contributed by atoms with Crippen LogP contribution in [-0.4, -0.2) is 69.7 Å². The summed E-state index contributed by atoms with van der Waals surface area (Å²) in [5.41, 5.74) is 6.20. The molecule has 1 fully saturated rings. The lowest BCUT2D eigenvalue weighted by Crippen LogP contribution is -2.48. The van der Waals surface area contributed by atoms with Crippen LogP contribution < -0.4 is 15.8 Å². The Kier molecular flexibility index (Phi) is 7.74. The van der Waals surface area contributed by atoms with Crippen LogP contribution in [-0.2, 0) is 6.42 Å². The fraction of sp³-hybridized carbons (Fsp3) is 0.242. The molecule has 1 aliphatic rings. The molecule has 0 bridgehead atoms. The summed E-state index contributed by atoms with van der Waals surface area (Å²) in [7, 11) is 0. The molecule has 1 amide bonds. The van der Waals surface area contributed by atoms with Crippen molar-refractivity contribution in [3.05, 3.63) is 112 Å². The molecule has 214 valence electrons. The first-order chi connectivity index (χ1) is 20.5. The summed E-state index contributed by atoms with van der Waals surface area (Å²) in [6.45, 7) is 4.66. The fourth-order valence-electron chi connectivity index (χ4n) is 5.62. The fourth-order valence-corrected chi connectivity index (χ4v) is 5.62. The summed E-state index contributed by atoms with van der Waals surface area (Å²) in [4.78, 5) is 41.1. The van der Waals surface area contributed by atoms with Crippen molar-refractivity contribution < 1.29 is 9.90 Å². The second-order valence-corrected chi connectivity index (χ2v) is 10.7. The van der Waals surface area contributed by atoms with Gasteiger partial charge in [0.1, 0.15) is 11.4 Å². The number of aliphatic hydroxyl groups excluding tert-OH is 1. The number of H-pyrrole nitrogens is 2. The van der Waals surface area contributed by atoms with E-state index in [9.17, 15) is 14.7 Å². The number of pyridine rings is 1. The van der Waals surface area contributed by atoms with Crippen LogP contribution in [0.4, 0.5) is 11.4 Å². The zero-order chi connectivity index (χ0) is 29.1. The minimum atomic E-state index is -0.280. The highest BCUT2D eigenvalue weighted by molar-refractivity contribution is 5.94. The van der Waals surface area contributed by atoms with Gasteiger partial charge in [-0.1, -0.05) is 48.5 Å². The molecule has 0 radical (unpaired) electrons. The Morgan fingerprint density at radius 3 is 2.43 bits per heavy atom. The van der Waals surface area contributed by atoms with Crippen molar-refractivity contribution in [2.45, 2.75) is 19.4 Å². The summed E-state index contributed by atoms with van der Waals surface area (Å²) in [6, 6.07) is 25.0. The zero-order valence-electron chi connectivity index (χ0n) is 23.5. The first-order valence-corrected chi connectivity index (χ1v) is 14.2. The number of aliphatic hydroxyl groups is 1. The van der Waals surface area contributed by atoms with Crippen molar-refractivity contribution in [3.63, 3.8) is 0 Å². The van der Waals surface area contributed by atoms with Crippen LogP contribution >= 0.6 is 0 Å². The maximum Gasteiger partial charge on any atom is 0.261 e. The molecule has 3 heterocycles. The van der Waals surface area contributed by atoms with E-state index in [-0.39, 0.29) is 24.1 Å². The van der Waals surface area contributed by atoms with Crippen molar-refractivity contribution in [2.24, 2.45) is 0 Å². The highest BCUT2D eigenvalue weighted by Crippen LogP contribution is 2.30. The smallest absolute Gasteiger partial charge is 0.261 e. The molecule has 1 atom stereocenters. The van der Waals surface area contributed by atoms with Gasteiger partial charge in [-0.2, -0.15) is 0 Å². The van der Waals surface area contributed by atoms with Crippen molar-refractivity contribution in [1.82, 2.24) is 19.9 Å². The molecule has 9 heteroatoms. The molecule has 1 saturated heterocycles. The zero-order valence-corrected chi connectivity index (χ0v) is 23.5.